The van der Waals surface area contributed by atoms with E-state index in [4.69, 9.17) is 14.6 Å². The van der Waals surface area contributed by atoms with Crippen molar-refractivity contribution in [2.45, 2.75) is 6.92 Å². The summed E-state index contributed by atoms with van der Waals surface area (Å²) in [4.78, 5) is 21.9. The number of nitrogens with one attached hydrogen (secondary N) is 1. The van der Waals surface area contributed by atoms with Gasteiger partial charge in [-0.15, -0.1) is 0 Å². The van der Waals surface area contributed by atoms with Crippen LogP contribution in [0.4, 0.5) is 0 Å². The van der Waals surface area contributed by atoms with Crippen LogP contribution in [0.3, 0.4) is 0 Å². The molecule has 0 bridgehead atoms. The van der Waals surface area contributed by atoms with E-state index in [2.05, 4.69) is 5.32 Å². The number of carboxylic acid groups (broad SMARTS) is 1. The summed E-state index contributed by atoms with van der Waals surface area (Å²) in [5.74, 6) is -0.654. The first-order valence-corrected chi connectivity index (χ1v) is 5.42. The first-order chi connectivity index (χ1) is 8.97. The van der Waals surface area contributed by atoms with Crippen molar-refractivity contribution in [1.82, 2.24) is 5.32 Å². The van der Waals surface area contributed by atoms with E-state index in [0.29, 0.717) is 17.1 Å². The van der Waals surface area contributed by atoms with Gasteiger partial charge in [-0.1, -0.05) is 6.07 Å². The Kier molecular flexibility index (Phi) is 4.93. The maximum absolute atomic E-state index is 11.0. The van der Waals surface area contributed by atoms with Crippen molar-refractivity contribution in [1.29, 1.82) is 0 Å². The van der Waals surface area contributed by atoms with Crippen molar-refractivity contribution in [2.24, 2.45) is 0 Å². The molecular formula is C13H15NO5. The molecule has 1 amide bonds. The molecule has 1 rings (SSSR count). The van der Waals surface area contributed by atoms with Crippen LogP contribution in [0.5, 0.6) is 11.5 Å². The molecule has 6 nitrogen and oxygen atoms in total. The summed E-state index contributed by atoms with van der Waals surface area (Å²) in [5, 5.41) is 11.2. The Balaban J connectivity index is 3.14. The predicted molar refractivity (Wildman–Crippen MR) is 69.0 cm³/mol. The third-order valence-electron chi connectivity index (χ3n) is 2.26. The van der Waals surface area contributed by atoms with Crippen molar-refractivity contribution in [2.75, 3.05) is 14.2 Å². The number of aliphatic carboxylic acids is 1. The highest BCUT2D eigenvalue weighted by Gasteiger charge is 2.10. The number of rotatable bonds is 5. The minimum absolute atomic E-state index is 0.209. The number of carbonyl (C=O) groups excluding carboxylic acids is 1. The molecule has 0 radical (unpaired) electrons. The highest BCUT2D eigenvalue weighted by molar-refractivity contribution is 5.96. The lowest BCUT2D eigenvalue weighted by molar-refractivity contribution is -0.134. The van der Waals surface area contributed by atoms with Gasteiger partial charge in [0, 0.05) is 6.92 Å². The van der Waals surface area contributed by atoms with Crippen LogP contribution in [-0.4, -0.2) is 31.2 Å². The van der Waals surface area contributed by atoms with Crippen LogP contribution < -0.4 is 14.8 Å². The van der Waals surface area contributed by atoms with Crippen molar-refractivity contribution < 1.29 is 24.2 Å². The van der Waals surface area contributed by atoms with E-state index in [-0.39, 0.29) is 5.70 Å². The van der Waals surface area contributed by atoms with Crippen LogP contribution in [0.15, 0.2) is 23.9 Å². The van der Waals surface area contributed by atoms with Gasteiger partial charge >= 0.3 is 5.97 Å². The third kappa shape index (κ3) is 4.02. The van der Waals surface area contributed by atoms with Gasteiger partial charge in [-0.25, -0.2) is 4.79 Å². The van der Waals surface area contributed by atoms with E-state index >= 15 is 0 Å². The van der Waals surface area contributed by atoms with Crippen LogP contribution in [0.1, 0.15) is 12.5 Å². The normalized spacial score (nSPS) is 10.8. The highest BCUT2D eigenvalue weighted by atomic mass is 16.5. The molecule has 0 saturated carbocycles. The van der Waals surface area contributed by atoms with Gasteiger partial charge in [-0.05, 0) is 23.8 Å². The molecule has 102 valence electrons. The maximum atomic E-state index is 11.0. The topological polar surface area (TPSA) is 84.9 Å². The summed E-state index contributed by atoms with van der Waals surface area (Å²) in [7, 11) is 2.99. The van der Waals surface area contributed by atoms with Gasteiger partial charge in [-0.2, -0.15) is 0 Å². The maximum Gasteiger partial charge on any atom is 0.352 e. The quantitative estimate of drug-likeness (QED) is 0.783. The van der Waals surface area contributed by atoms with Crippen LogP contribution in [0.2, 0.25) is 0 Å². The number of methoxy groups -OCH3 is 2. The van der Waals surface area contributed by atoms with Crippen molar-refractivity contribution >= 4 is 18.0 Å². The number of benzene rings is 1. The molecule has 0 aliphatic carbocycles. The molecule has 0 saturated heterocycles. The van der Waals surface area contributed by atoms with E-state index in [1.165, 1.54) is 27.2 Å². The summed E-state index contributed by atoms with van der Waals surface area (Å²) in [6.07, 6.45) is 1.34. The largest absolute Gasteiger partial charge is 0.493 e. The predicted octanol–water partition coefficient (Wildman–Crippen LogP) is 1.27. The number of hydrogen-bond donors (Lipinski definition) is 2. The van der Waals surface area contributed by atoms with Gasteiger partial charge in [0.2, 0.25) is 5.91 Å². The van der Waals surface area contributed by atoms with E-state index < -0.39 is 11.9 Å². The van der Waals surface area contributed by atoms with E-state index in [1.54, 1.807) is 18.2 Å². The molecule has 0 aromatic heterocycles. The average Bonchev–Trinajstić information content (AvgIpc) is 2.37. The number of amides is 1. The summed E-state index contributed by atoms with van der Waals surface area (Å²) in [6, 6.07) is 4.92. The lowest BCUT2D eigenvalue weighted by Crippen LogP contribution is -2.24. The fourth-order valence-corrected chi connectivity index (χ4v) is 1.45. The minimum atomic E-state index is -1.22. The summed E-state index contributed by atoms with van der Waals surface area (Å²) < 4.78 is 10.2. The summed E-state index contributed by atoms with van der Waals surface area (Å²) in [5.41, 5.74) is 0.364. The van der Waals surface area contributed by atoms with Crippen LogP contribution in [-0.2, 0) is 9.59 Å². The van der Waals surface area contributed by atoms with Crippen LogP contribution in [0, 0.1) is 0 Å². The molecule has 2 N–H and O–H groups in total. The fraction of sp³-hybridized carbons (Fsp3) is 0.231. The van der Waals surface area contributed by atoms with Crippen LogP contribution in [0.25, 0.3) is 6.08 Å². The fourth-order valence-electron chi connectivity index (χ4n) is 1.45. The second-order valence-electron chi connectivity index (χ2n) is 3.66. The van der Waals surface area contributed by atoms with Crippen molar-refractivity contribution in [3.05, 3.63) is 29.5 Å². The molecular weight excluding hydrogens is 250 g/mol. The van der Waals surface area contributed by atoms with E-state index in [9.17, 15) is 9.59 Å². The van der Waals surface area contributed by atoms with Gasteiger partial charge in [0.05, 0.1) is 14.2 Å². The molecule has 1 aromatic rings. The van der Waals surface area contributed by atoms with Gasteiger partial charge in [0.15, 0.2) is 11.5 Å². The molecule has 0 spiro atoms. The standard InChI is InChI=1S/C13H15NO5/c1-8(15)14-10(13(16)17)6-9-4-5-11(18-2)12(7-9)19-3/h4-7H,1-3H3,(H,14,15)(H,16,17)/b10-6-. The molecule has 0 heterocycles. The van der Waals surface area contributed by atoms with E-state index in [0.717, 1.165) is 0 Å². The zero-order valence-corrected chi connectivity index (χ0v) is 10.9. The Hall–Kier alpha value is -2.50. The lowest BCUT2D eigenvalue weighted by Gasteiger charge is -2.08. The zero-order chi connectivity index (χ0) is 14.4. The lowest BCUT2D eigenvalue weighted by atomic mass is 10.1. The third-order valence-corrected chi connectivity index (χ3v) is 2.26. The highest BCUT2D eigenvalue weighted by Crippen LogP contribution is 2.28. The molecule has 0 aliphatic heterocycles. The number of ether oxygens (including phenoxy) is 2. The first-order valence-electron chi connectivity index (χ1n) is 5.42. The van der Waals surface area contributed by atoms with Gasteiger partial charge in [0.25, 0.3) is 0 Å². The monoisotopic (exact) mass is 265 g/mol. The van der Waals surface area contributed by atoms with Crippen LogP contribution >= 0.6 is 0 Å². The minimum Gasteiger partial charge on any atom is -0.493 e. The second-order valence-corrected chi connectivity index (χ2v) is 3.66. The van der Waals surface area contributed by atoms with Crippen molar-refractivity contribution in [3.8, 4) is 11.5 Å². The Morgan fingerprint density at radius 2 is 1.84 bits per heavy atom. The first kappa shape index (κ1) is 14.6. The summed E-state index contributed by atoms with van der Waals surface area (Å²) >= 11 is 0. The number of carboxylic acids is 1. The Morgan fingerprint density at radius 3 is 2.32 bits per heavy atom. The number of carbonyl (C=O) groups is 2. The van der Waals surface area contributed by atoms with E-state index in [1.807, 2.05) is 0 Å². The SMILES string of the molecule is COc1ccc(/C=C(\NC(C)=O)C(=O)O)cc1OC. The Bertz CT molecular complexity index is 522. The van der Waals surface area contributed by atoms with Gasteiger partial charge in [-0.3, -0.25) is 4.79 Å². The molecule has 6 heteroatoms. The van der Waals surface area contributed by atoms with Crippen molar-refractivity contribution in [3.63, 3.8) is 0 Å². The molecule has 0 fully saturated rings. The number of hydrogen-bond acceptors (Lipinski definition) is 4. The Morgan fingerprint density at radius 1 is 1.21 bits per heavy atom. The van der Waals surface area contributed by atoms with Gasteiger partial charge in [0.1, 0.15) is 5.70 Å². The summed E-state index contributed by atoms with van der Waals surface area (Å²) in [6.45, 7) is 1.24. The zero-order valence-electron chi connectivity index (χ0n) is 10.9. The molecule has 1 aromatic carbocycles. The van der Waals surface area contributed by atoms with Gasteiger partial charge < -0.3 is 19.9 Å². The molecule has 0 unspecified atom stereocenters. The Labute approximate surface area is 110 Å². The molecule has 0 atom stereocenters. The second kappa shape index (κ2) is 6.44. The smallest absolute Gasteiger partial charge is 0.352 e. The molecule has 19 heavy (non-hydrogen) atoms. The molecule has 0 aliphatic rings. The average molecular weight is 265 g/mol.